The predicted octanol–water partition coefficient (Wildman–Crippen LogP) is 2.05. The number of nitrogens with one attached hydrogen (secondary N) is 1. The number of carbonyl (C=O) groups is 1. The zero-order valence-electron chi connectivity index (χ0n) is 12.8. The molecule has 0 fully saturated rings. The molecule has 1 aromatic rings. The van der Waals surface area contributed by atoms with Crippen molar-refractivity contribution in [2.45, 2.75) is 32.6 Å². The zero-order chi connectivity index (χ0) is 16.3. The van der Waals surface area contributed by atoms with Gasteiger partial charge in [0.15, 0.2) is 0 Å². The van der Waals surface area contributed by atoms with Crippen LogP contribution < -0.4 is 4.72 Å². The number of anilines is 1. The van der Waals surface area contributed by atoms with Crippen LogP contribution in [0.25, 0.3) is 0 Å². The summed E-state index contributed by atoms with van der Waals surface area (Å²) in [5.41, 5.74) is 1.17. The Morgan fingerprint density at radius 2 is 1.86 bits per heavy atom. The molecule has 0 saturated heterocycles. The summed E-state index contributed by atoms with van der Waals surface area (Å²) in [7, 11) is -2.42. The highest BCUT2D eigenvalue weighted by molar-refractivity contribution is 7.90. The summed E-state index contributed by atoms with van der Waals surface area (Å²) in [4.78, 5) is 10.5. The number of benzene rings is 1. The molecule has 118 valence electrons. The number of hydrogen-bond donors (Lipinski definition) is 2. The van der Waals surface area contributed by atoms with Crippen LogP contribution in [0.15, 0.2) is 24.3 Å². The molecule has 0 saturated carbocycles. The first-order valence-corrected chi connectivity index (χ1v) is 8.03. The van der Waals surface area contributed by atoms with E-state index in [1.807, 2.05) is 32.9 Å². The minimum atomic E-state index is -3.77. The number of nitrogens with zero attached hydrogens (tertiary/aromatic N) is 1. The summed E-state index contributed by atoms with van der Waals surface area (Å²) in [6.07, 6.45) is -0.238. The monoisotopic (exact) mass is 314 g/mol. The summed E-state index contributed by atoms with van der Waals surface area (Å²) in [5, 5.41) is 8.63. The highest BCUT2D eigenvalue weighted by atomic mass is 32.2. The van der Waals surface area contributed by atoms with Gasteiger partial charge in [-0.1, -0.05) is 39.0 Å². The maximum atomic E-state index is 12.2. The molecule has 0 amide bonds. The second-order valence-electron chi connectivity index (χ2n) is 5.87. The maximum absolute atomic E-state index is 12.2. The topological polar surface area (TPSA) is 86.7 Å². The Hall–Kier alpha value is -1.60. The molecule has 0 unspecified atom stereocenters. The van der Waals surface area contributed by atoms with Crippen molar-refractivity contribution in [3.05, 3.63) is 29.8 Å². The molecule has 21 heavy (non-hydrogen) atoms. The third kappa shape index (κ3) is 5.02. The van der Waals surface area contributed by atoms with Gasteiger partial charge in [-0.2, -0.15) is 12.7 Å². The quantitative estimate of drug-likeness (QED) is 0.841. The van der Waals surface area contributed by atoms with E-state index in [2.05, 4.69) is 4.72 Å². The van der Waals surface area contributed by atoms with Gasteiger partial charge in [0, 0.05) is 13.6 Å². The molecule has 0 aliphatic heterocycles. The average molecular weight is 314 g/mol. The lowest BCUT2D eigenvalue weighted by Crippen LogP contribution is -2.34. The zero-order valence-corrected chi connectivity index (χ0v) is 13.6. The number of rotatable bonds is 6. The molecular formula is C14H22N2O4S. The van der Waals surface area contributed by atoms with Gasteiger partial charge in [0.1, 0.15) is 0 Å². The first kappa shape index (κ1) is 17.5. The van der Waals surface area contributed by atoms with Gasteiger partial charge >= 0.3 is 16.2 Å². The molecule has 0 aliphatic carbocycles. The molecule has 0 heterocycles. The molecule has 0 aliphatic rings. The number of aliphatic carboxylic acids is 1. The van der Waals surface area contributed by atoms with Crippen molar-refractivity contribution in [2.75, 3.05) is 18.3 Å². The minimum Gasteiger partial charge on any atom is -0.481 e. The summed E-state index contributed by atoms with van der Waals surface area (Å²) < 4.78 is 27.9. The van der Waals surface area contributed by atoms with Crippen LogP contribution in [0.5, 0.6) is 0 Å². The van der Waals surface area contributed by atoms with Crippen LogP contribution in [0.2, 0.25) is 0 Å². The molecular weight excluding hydrogens is 292 g/mol. The van der Waals surface area contributed by atoms with Crippen LogP contribution in [-0.2, 0) is 20.4 Å². The fourth-order valence-electron chi connectivity index (χ4n) is 1.82. The predicted molar refractivity (Wildman–Crippen MR) is 82.6 cm³/mol. The van der Waals surface area contributed by atoms with E-state index in [-0.39, 0.29) is 18.4 Å². The summed E-state index contributed by atoms with van der Waals surface area (Å²) >= 11 is 0. The van der Waals surface area contributed by atoms with Crippen molar-refractivity contribution in [1.82, 2.24) is 4.31 Å². The Kier molecular flexibility index (Phi) is 5.36. The van der Waals surface area contributed by atoms with E-state index in [9.17, 15) is 13.2 Å². The summed E-state index contributed by atoms with van der Waals surface area (Å²) in [6, 6.07) is 7.18. The highest BCUT2D eigenvalue weighted by Gasteiger charge is 2.23. The van der Waals surface area contributed by atoms with E-state index in [0.717, 1.165) is 9.87 Å². The Morgan fingerprint density at radius 1 is 1.29 bits per heavy atom. The fourth-order valence-corrected chi connectivity index (χ4v) is 2.76. The molecule has 0 radical (unpaired) electrons. The second kappa shape index (κ2) is 6.44. The Morgan fingerprint density at radius 3 is 2.38 bits per heavy atom. The van der Waals surface area contributed by atoms with Crippen molar-refractivity contribution < 1.29 is 18.3 Å². The van der Waals surface area contributed by atoms with Crippen molar-refractivity contribution in [2.24, 2.45) is 0 Å². The van der Waals surface area contributed by atoms with E-state index in [1.54, 1.807) is 12.1 Å². The SMILES string of the molecule is CN(CCC(=O)O)S(=O)(=O)Nc1ccccc1C(C)(C)C. The van der Waals surface area contributed by atoms with Crippen LogP contribution in [0.4, 0.5) is 5.69 Å². The molecule has 2 N–H and O–H groups in total. The lowest BCUT2D eigenvalue weighted by molar-refractivity contribution is -0.137. The van der Waals surface area contributed by atoms with E-state index in [4.69, 9.17) is 5.11 Å². The van der Waals surface area contributed by atoms with Gasteiger partial charge in [0.25, 0.3) is 0 Å². The number of carboxylic acids is 1. The molecule has 1 aromatic carbocycles. The third-order valence-electron chi connectivity index (χ3n) is 3.02. The highest BCUT2D eigenvalue weighted by Crippen LogP contribution is 2.30. The molecule has 0 aromatic heterocycles. The Bertz CT molecular complexity index is 606. The van der Waals surface area contributed by atoms with Gasteiger partial charge in [0.2, 0.25) is 0 Å². The van der Waals surface area contributed by atoms with Gasteiger partial charge in [-0.05, 0) is 17.0 Å². The lowest BCUT2D eigenvalue weighted by Gasteiger charge is -2.25. The lowest BCUT2D eigenvalue weighted by atomic mass is 9.86. The van der Waals surface area contributed by atoms with Crippen LogP contribution in [-0.4, -0.2) is 37.4 Å². The van der Waals surface area contributed by atoms with Gasteiger partial charge in [-0.3, -0.25) is 9.52 Å². The number of carboxylic acid groups (broad SMARTS) is 1. The maximum Gasteiger partial charge on any atom is 0.304 e. The van der Waals surface area contributed by atoms with Crippen molar-refractivity contribution >= 4 is 21.9 Å². The van der Waals surface area contributed by atoms with Gasteiger partial charge in [0.05, 0.1) is 12.1 Å². The van der Waals surface area contributed by atoms with Crippen LogP contribution in [0.1, 0.15) is 32.8 Å². The largest absolute Gasteiger partial charge is 0.481 e. The summed E-state index contributed by atoms with van der Waals surface area (Å²) in [6.45, 7) is 5.90. The van der Waals surface area contributed by atoms with Crippen molar-refractivity contribution in [3.63, 3.8) is 0 Å². The van der Waals surface area contributed by atoms with Crippen LogP contribution >= 0.6 is 0 Å². The fraction of sp³-hybridized carbons (Fsp3) is 0.500. The van der Waals surface area contributed by atoms with Gasteiger partial charge in [-0.25, -0.2) is 0 Å². The van der Waals surface area contributed by atoms with E-state index in [1.165, 1.54) is 7.05 Å². The molecule has 7 heteroatoms. The normalized spacial score (nSPS) is 12.4. The minimum absolute atomic E-state index is 0.0810. The van der Waals surface area contributed by atoms with E-state index >= 15 is 0 Å². The molecule has 0 spiro atoms. The Balaban J connectivity index is 2.97. The average Bonchev–Trinajstić information content (AvgIpc) is 2.34. The molecule has 0 atom stereocenters. The molecule has 0 bridgehead atoms. The Labute approximate surface area is 126 Å². The van der Waals surface area contributed by atoms with Crippen LogP contribution in [0, 0.1) is 0 Å². The first-order valence-electron chi connectivity index (χ1n) is 6.59. The summed E-state index contributed by atoms with van der Waals surface area (Å²) in [5.74, 6) is -1.04. The number of hydrogen-bond acceptors (Lipinski definition) is 3. The second-order valence-corrected chi connectivity index (χ2v) is 7.65. The van der Waals surface area contributed by atoms with Gasteiger partial charge < -0.3 is 5.11 Å². The smallest absolute Gasteiger partial charge is 0.304 e. The van der Waals surface area contributed by atoms with Crippen molar-refractivity contribution in [3.8, 4) is 0 Å². The van der Waals surface area contributed by atoms with E-state index < -0.39 is 16.2 Å². The molecule has 6 nitrogen and oxygen atoms in total. The van der Waals surface area contributed by atoms with E-state index in [0.29, 0.717) is 5.69 Å². The number of para-hydroxylation sites is 1. The van der Waals surface area contributed by atoms with Crippen molar-refractivity contribution in [1.29, 1.82) is 0 Å². The van der Waals surface area contributed by atoms with Gasteiger partial charge in [-0.15, -0.1) is 0 Å². The standard InChI is InChI=1S/C14H22N2O4S/c1-14(2,3)11-7-5-6-8-12(11)15-21(19,20)16(4)10-9-13(17)18/h5-8,15H,9-10H2,1-4H3,(H,17,18). The first-order chi connectivity index (χ1) is 9.54. The third-order valence-corrected chi connectivity index (χ3v) is 4.51. The van der Waals surface area contributed by atoms with Crippen LogP contribution in [0.3, 0.4) is 0 Å². The molecule has 1 rings (SSSR count).